The molecule has 1 aromatic carbocycles. The molecular formula is C11H10IN3O4S. The van der Waals surface area contributed by atoms with Gasteiger partial charge in [0.2, 0.25) is 0 Å². The number of aryl methyl sites for hydroxylation is 1. The highest BCUT2D eigenvalue weighted by atomic mass is 127. The molecule has 2 aromatic rings. The van der Waals surface area contributed by atoms with Gasteiger partial charge < -0.3 is 5.11 Å². The fourth-order valence-corrected chi connectivity index (χ4v) is 3.74. The fourth-order valence-electron chi connectivity index (χ4n) is 1.63. The number of hydrogen-bond donors (Lipinski definition) is 3. The zero-order valence-corrected chi connectivity index (χ0v) is 13.2. The van der Waals surface area contributed by atoms with Crippen molar-refractivity contribution in [3.8, 4) is 0 Å². The molecule has 0 saturated carbocycles. The molecule has 3 N–H and O–H groups in total. The van der Waals surface area contributed by atoms with Crippen LogP contribution in [-0.2, 0) is 10.0 Å². The predicted molar refractivity (Wildman–Crippen MR) is 80.3 cm³/mol. The van der Waals surface area contributed by atoms with Crippen LogP contribution in [0, 0.1) is 10.5 Å². The van der Waals surface area contributed by atoms with Crippen LogP contribution in [0.2, 0.25) is 0 Å². The summed E-state index contributed by atoms with van der Waals surface area (Å²) in [4.78, 5) is 10.7. The summed E-state index contributed by atoms with van der Waals surface area (Å²) in [7, 11) is -4.03. The van der Waals surface area contributed by atoms with Crippen molar-refractivity contribution in [1.29, 1.82) is 0 Å². The van der Waals surface area contributed by atoms with E-state index < -0.39 is 21.7 Å². The van der Waals surface area contributed by atoms with Gasteiger partial charge >= 0.3 is 5.97 Å². The molecular weight excluding hydrogens is 397 g/mol. The second-order valence-electron chi connectivity index (χ2n) is 3.92. The minimum atomic E-state index is -4.03. The number of halogens is 1. The van der Waals surface area contributed by atoms with E-state index in [4.69, 9.17) is 5.11 Å². The SMILES string of the molecule is Cc1[nH]nc(C(=O)O)c1S(=O)(=O)Nc1ccccc1I. The maximum absolute atomic E-state index is 12.3. The highest BCUT2D eigenvalue weighted by Gasteiger charge is 2.28. The number of sulfonamides is 1. The Morgan fingerprint density at radius 3 is 2.65 bits per heavy atom. The zero-order chi connectivity index (χ0) is 14.9. The first kappa shape index (κ1) is 14.8. The quantitative estimate of drug-likeness (QED) is 0.670. The third kappa shape index (κ3) is 2.77. The van der Waals surface area contributed by atoms with Crippen molar-refractivity contribution in [3.63, 3.8) is 0 Å². The molecule has 0 aliphatic rings. The molecule has 106 valence electrons. The van der Waals surface area contributed by atoms with Crippen LogP contribution in [0.25, 0.3) is 0 Å². The molecule has 0 atom stereocenters. The predicted octanol–water partition coefficient (Wildman–Crippen LogP) is 1.82. The third-order valence-electron chi connectivity index (χ3n) is 2.48. The lowest BCUT2D eigenvalue weighted by molar-refractivity contribution is 0.0686. The van der Waals surface area contributed by atoms with E-state index in [0.717, 1.165) is 0 Å². The number of aromatic carboxylic acids is 1. The van der Waals surface area contributed by atoms with E-state index >= 15 is 0 Å². The van der Waals surface area contributed by atoms with E-state index in [-0.39, 0.29) is 10.6 Å². The molecule has 0 unspecified atom stereocenters. The van der Waals surface area contributed by atoms with Gasteiger partial charge in [0.15, 0.2) is 5.69 Å². The minimum absolute atomic E-state index is 0.167. The van der Waals surface area contributed by atoms with E-state index in [1.807, 2.05) is 22.6 Å². The average Bonchev–Trinajstić information content (AvgIpc) is 2.75. The molecule has 0 spiro atoms. The van der Waals surface area contributed by atoms with Crippen LogP contribution in [0.4, 0.5) is 5.69 Å². The standard InChI is InChI=1S/C11H10IN3O4S/c1-6-10(9(11(16)17)14-13-6)20(18,19)15-8-5-3-2-4-7(8)12/h2-5,15H,1H3,(H,13,14)(H,16,17). The number of H-pyrrole nitrogens is 1. The van der Waals surface area contributed by atoms with Gasteiger partial charge in [0.1, 0.15) is 4.90 Å². The van der Waals surface area contributed by atoms with Crippen molar-refractivity contribution < 1.29 is 18.3 Å². The molecule has 1 aromatic heterocycles. The Balaban J connectivity index is 2.49. The first-order valence-electron chi connectivity index (χ1n) is 5.38. The number of hydrogen-bond acceptors (Lipinski definition) is 4. The molecule has 0 amide bonds. The highest BCUT2D eigenvalue weighted by Crippen LogP contribution is 2.24. The van der Waals surface area contributed by atoms with Crippen molar-refractivity contribution >= 4 is 44.3 Å². The van der Waals surface area contributed by atoms with E-state index in [1.165, 1.54) is 6.92 Å². The summed E-state index contributed by atoms with van der Waals surface area (Å²) in [6.45, 7) is 1.45. The lowest BCUT2D eigenvalue weighted by atomic mass is 10.3. The monoisotopic (exact) mass is 407 g/mol. The van der Waals surface area contributed by atoms with Gasteiger partial charge in [-0.05, 0) is 41.6 Å². The topological polar surface area (TPSA) is 112 Å². The first-order chi connectivity index (χ1) is 9.33. The minimum Gasteiger partial charge on any atom is -0.476 e. The Labute approximate surface area is 128 Å². The molecule has 20 heavy (non-hydrogen) atoms. The maximum Gasteiger partial charge on any atom is 0.357 e. The number of carboxylic acids is 1. The van der Waals surface area contributed by atoms with Gasteiger partial charge in [-0.2, -0.15) is 5.10 Å². The summed E-state index contributed by atoms with van der Waals surface area (Å²) >= 11 is 1.98. The van der Waals surface area contributed by atoms with Crippen LogP contribution in [0.5, 0.6) is 0 Å². The molecule has 0 radical (unpaired) electrons. The van der Waals surface area contributed by atoms with Crippen molar-refractivity contribution in [1.82, 2.24) is 10.2 Å². The molecule has 0 bridgehead atoms. The number of carboxylic acid groups (broad SMARTS) is 1. The van der Waals surface area contributed by atoms with Gasteiger partial charge in [-0.3, -0.25) is 9.82 Å². The van der Waals surface area contributed by atoms with Crippen molar-refractivity contribution in [2.75, 3.05) is 4.72 Å². The van der Waals surface area contributed by atoms with Crippen LogP contribution in [0.15, 0.2) is 29.2 Å². The number of carbonyl (C=O) groups is 1. The largest absolute Gasteiger partial charge is 0.476 e. The summed E-state index contributed by atoms with van der Waals surface area (Å²) in [6.07, 6.45) is 0. The van der Waals surface area contributed by atoms with Crippen molar-refractivity contribution in [2.45, 2.75) is 11.8 Å². The number of benzene rings is 1. The van der Waals surface area contributed by atoms with E-state index in [0.29, 0.717) is 9.26 Å². The summed E-state index contributed by atoms with van der Waals surface area (Å²) in [5, 5.41) is 14.9. The second kappa shape index (κ2) is 5.40. The lowest BCUT2D eigenvalue weighted by Gasteiger charge is -2.09. The molecule has 9 heteroatoms. The highest BCUT2D eigenvalue weighted by molar-refractivity contribution is 14.1. The van der Waals surface area contributed by atoms with Crippen LogP contribution >= 0.6 is 22.6 Å². The smallest absolute Gasteiger partial charge is 0.357 e. The molecule has 2 rings (SSSR count). The normalized spacial score (nSPS) is 11.3. The summed E-state index contributed by atoms with van der Waals surface area (Å²) in [5.41, 5.74) is 0.0202. The van der Waals surface area contributed by atoms with Gasteiger partial charge in [0.05, 0.1) is 11.4 Å². The van der Waals surface area contributed by atoms with E-state index in [2.05, 4.69) is 14.9 Å². The summed E-state index contributed by atoms with van der Waals surface area (Å²) in [6, 6.07) is 6.78. The molecule has 7 nitrogen and oxygen atoms in total. The van der Waals surface area contributed by atoms with Gasteiger partial charge in [-0.1, -0.05) is 12.1 Å². The number of rotatable bonds is 4. The number of aromatic amines is 1. The lowest BCUT2D eigenvalue weighted by Crippen LogP contribution is -2.17. The zero-order valence-electron chi connectivity index (χ0n) is 10.2. The van der Waals surface area contributed by atoms with Gasteiger partial charge in [0, 0.05) is 3.57 Å². The average molecular weight is 407 g/mol. The van der Waals surface area contributed by atoms with E-state index in [1.54, 1.807) is 24.3 Å². The van der Waals surface area contributed by atoms with Gasteiger partial charge in [0.25, 0.3) is 10.0 Å². The molecule has 0 saturated heterocycles. The van der Waals surface area contributed by atoms with Gasteiger partial charge in [-0.25, -0.2) is 13.2 Å². The molecule has 1 heterocycles. The Hall–Kier alpha value is -1.62. The Bertz CT molecular complexity index is 770. The van der Waals surface area contributed by atoms with Crippen LogP contribution < -0.4 is 4.72 Å². The fraction of sp³-hybridized carbons (Fsp3) is 0.0909. The Kier molecular flexibility index (Phi) is 3.99. The molecule has 0 fully saturated rings. The first-order valence-corrected chi connectivity index (χ1v) is 7.94. The molecule has 0 aliphatic heterocycles. The van der Waals surface area contributed by atoms with Crippen LogP contribution in [0.3, 0.4) is 0 Å². The van der Waals surface area contributed by atoms with E-state index in [9.17, 15) is 13.2 Å². The maximum atomic E-state index is 12.3. The van der Waals surface area contributed by atoms with Gasteiger partial charge in [-0.15, -0.1) is 0 Å². The Morgan fingerprint density at radius 1 is 1.40 bits per heavy atom. The summed E-state index contributed by atoms with van der Waals surface area (Å²) in [5.74, 6) is -1.41. The number of aromatic nitrogens is 2. The van der Waals surface area contributed by atoms with Crippen LogP contribution in [-0.4, -0.2) is 29.7 Å². The number of para-hydroxylation sites is 1. The number of nitrogens with one attached hydrogen (secondary N) is 2. The Morgan fingerprint density at radius 2 is 2.05 bits per heavy atom. The molecule has 0 aliphatic carbocycles. The van der Waals surface area contributed by atoms with Crippen molar-refractivity contribution in [2.24, 2.45) is 0 Å². The summed E-state index contributed by atoms with van der Waals surface area (Å²) < 4.78 is 27.7. The van der Waals surface area contributed by atoms with Crippen molar-refractivity contribution in [3.05, 3.63) is 39.2 Å². The number of nitrogens with zero attached hydrogens (tertiary/aromatic N) is 1. The second-order valence-corrected chi connectivity index (χ2v) is 6.70. The number of anilines is 1. The van der Waals surface area contributed by atoms with Crippen LogP contribution in [0.1, 0.15) is 16.2 Å². The third-order valence-corrected chi connectivity index (χ3v) is 4.95.